The van der Waals surface area contributed by atoms with Crippen LogP contribution in [-0.2, 0) is 10.9 Å². The summed E-state index contributed by atoms with van der Waals surface area (Å²) in [4.78, 5) is 13.5. The van der Waals surface area contributed by atoms with E-state index in [4.69, 9.17) is 0 Å². The van der Waals surface area contributed by atoms with Crippen LogP contribution in [0.1, 0.15) is 28.0 Å². The van der Waals surface area contributed by atoms with Crippen molar-refractivity contribution in [3.05, 3.63) is 28.8 Å². The summed E-state index contributed by atoms with van der Waals surface area (Å²) in [6.07, 6.45) is -8.56. The second-order valence-electron chi connectivity index (χ2n) is 3.05. The number of halogens is 6. The molecule has 18 heavy (non-hydrogen) atoms. The molecule has 0 amide bonds. The van der Waals surface area contributed by atoms with Gasteiger partial charge in [0.05, 0.1) is 12.7 Å². The first-order valence-electron chi connectivity index (χ1n) is 4.32. The Morgan fingerprint density at radius 1 is 1.39 bits per heavy atom. The molecule has 0 spiro atoms. The smallest absolute Gasteiger partial charge is 0.420 e. The van der Waals surface area contributed by atoms with Crippen LogP contribution in [0.3, 0.4) is 0 Å². The number of nitrogens with zero attached hydrogens (tertiary/aromatic N) is 1. The van der Waals surface area contributed by atoms with Crippen molar-refractivity contribution in [1.82, 2.24) is 4.98 Å². The van der Waals surface area contributed by atoms with Gasteiger partial charge in [-0.1, -0.05) is 0 Å². The van der Waals surface area contributed by atoms with E-state index in [0.29, 0.717) is 0 Å². The zero-order valence-electron chi connectivity index (χ0n) is 8.69. The Labute approximate surface area is 96.4 Å². The summed E-state index contributed by atoms with van der Waals surface area (Å²) in [5.74, 6) is -3.58. The Balaban J connectivity index is 3.50. The highest BCUT2D eigenvalue weighted by molar-refractivity contribution is 5.90. The lowest BCUT2D eigenvalue weighted by molar-refractivity contribution is -0.140. The van der Waals surface area contributed by atoms with Crippen LogP contribution in [-0.4, -0.2) is 18.1 Å². The van der Waals surface area contributed by atoms with Crippen molar-refractivity contribution in [3.63, 3.8) is 0 Å². The van der Waals surface area contributed by atoms with E-state index in [9.17, 15) is 31.1 Å². The van der Waals surface area contributed by atoms with Crippen molar-refractivity contribution in [2.75, 3.05) is 7.11 Å². The Hall–Kier alpha value is -1.80. The van der Waals surface area contributed by atoms with E-state index < -0.39 is 41.3 Å². The minimum absolute atomic E-state index is 0.0460. The number of hydrogen-bond donors (Lipinski definition) is 0. The van der Waals surface area contributed by atoms with Gasteiger partial charge >= 0.3 is 12.1 Å². The molecule has 0 fully saturated rings. The summed E-state index contributed by atoms with van der Waals surface area (Å²) in [6, 6.07) is -0.0460. The van der Waals surface area contributed by atoms with Gasteiger partial charge in [-0.2, -0.15) is 17.6 Å². The third kappa shape index (κ3) is 2.71. The van der Waals surface area contributed by atoms with Gasteiger partial charge in [-0.15, -0.1) is 0 Å². The van der Waals surface area contributed by atoms with Crippen molar-refractivity contribution >= 4 is 5.97 Å². The van der Waals surface area contributed by atoms with Crippen molar-refractivity contribution in [1.29, 1.82) is 0 Å². The average molecular weight is 273 g/mol. The van der Waals surface area contributed by atoms with Crippen molar-refractivity contribution in [2.24, 2.45) is 0 Å². The van der Waals surface area contributed by atoms with Crippen LogP contribution in [0.15, 0.2) is 6.07 Å². The Kier molecular flexibility index (Phi) is 3.82. The van der Waals surface area contributed by atoms with Crippen LogP contribution < -0.4 is 0 Å². The van der Waals surface area contributed by atoms with Crippen LogP contribution in [0.5, 0.6) is 0 Å². The first-order chi connectivity index (χ1) is 8.18. The number of alkyl halides is 5. The lowest BCUT2D eigenvalue weighted by Gasteiger charge is -2.12. The second-order valence-corrected chi connectivity index (χ2v) is 3.05. The fraction of sp³-hybridized carbons (Fsp3) is 0.333. The molecule has 0 bridgehead atoms. The monoisotopic (exact) mass is 273 g/mol. The van der Waals surface area contributed by atoms with Gasteiger partial charge < -0.3 is 4.74 Å². The van der Waals surface area contributed by atoms with Gasteiger partial charge in [-0.05, 0) is 6.07 Å². The molecular formula is C9H5F6NO2. The maximum absolute atomic E-state index is 12.9. The van der Waals surface area contributed by atoms with E-state index >= 15 is 0 Å². The molecule has 3 nitrogen and oxygen atoms in total. The maximum atomic E-state index is 12.9. The summed E-state index contributed by atoms with van der Waals surface area (Å²) in [6.45, 7) is 0. The van der Waals surface area contributed by atoms with Gasteiger partial charge in [-0.3, -0.25) is 0 Å². The van der Waals surface area contributed by atoms with Crippen molar-refractivity contribution < 1.29 is 35.9 Å². The Morgan fingerprint density at radius 2 is 1.94 bits per heavy atom. The minimum Gasteiger partial charge on any atom is -0.465 e. The van der Waals surface area contributed by atoms with E-state index in [1.54, 1.807) is 0 Å². The highest BCUT2D eigenvalue weighted by atomic mass is 19.4. The van der Waals surface area contributed by atoms with E-state index in [-0.39, 0.29) is 6.07 Å². The SMILES string of the molecule is COC(=O)c1cc(C(F)(F)F)c(F)nc1C(F)F. The Morgan fingerprint density at radius 3 is 2.33 bits per heavy atom. The number of carbonyl (C=O) groups excluding carboxylic acids is 1. The molecule has 0 saturated carbocycles. The zero-order chi connectivity index (χ0) is 14.1. The summed E-state index contributed by atoms with van der Waals surface area (Å²) in [7, 11) is 0.786. The molecule has 0 radical (unpaired) electrons. The molecule has 0 atom stereocenters. The topological polar surface area (TPSA) is 39.2 Å². The molecule has 0 aromatic carbocycles. The highest BCUT2D eigenvalue weighted by Crippen LogP contribution is 2.33. The maximum Gasteiger partial charge on any atom is 0.420 e. The molecule has 9 heteroatoms. The number of ether oxygens (including phenoxy) is 1. The van der Waals surface area contributed by atoms with Gasteiger partial charge in [0.2, 0.25) is 5.95 Å². The molecule has 0 aliphatic carbocycles. The molecule has 0 saturated heterocycles. The number of aromatic nitrogens is 1. The first-order valence-corrected chi connectivity index (χ1v) is 4.32. The largest absolute Gasteiger partial charge is 0.465 e. The van der Waals surface area contributed by atoms with E-state index in [2.05, 4.69) is 9.72 Å². The molecule has 0 unspecified atom stereocenters. The van der Waals surface area contributed by atoms with Crippen molar-refractivity contribution in [3.8, 4) is 0 Å². The predicted molar refractivity (Wildman–Crippen MR) is 45.5 cm³/mol. The van der Waals surface area contributed by atoms with Gasteiger partial charge in [0.1, 0.15) is 11.3 Å². The van der Waals surface area contributed by atoms with Crippen LogP contribution in [0, 0.1) is 5.95 Å². The van der Waals surface area contributed by atoms with Gasteiger partial charge in [0.25, 0.3) is 6.43 Å². The van der Waals surface area contributed by atoms with Crippen LogP contribution >= 0.6 is 0 Å². The molecule has 0 N–H and O–H groups in total. The number of rotatable bonds is 2. The highest BCUT2D eigenvalue weighted by Gasteiger charge is 2.37. The lowest BCUT2D eigenvalue weighted by Crippen LogP contribution is -2.16. The number of pyridine rings is 1. The summed E-state index contributed by atoms with van der Waals surface area (Å²) in [5, 5.41) is 0. The van der Waals surface area contributed by atoms with Gasteiger partial charge in [0.15, 0.2) is 0 Å². The zero-order valence-corrected chi connectivity index (χ0v) is 8.69. The van der Waals surface area contributed by atoms with Crippen molar-refractivity contribution in [2.45, 2.75) is 12.6 Å². The molecular weight excluding hydrogens is 268 g/mol. The molecule has 0 aliphatic rings. The molecule has 1 rings (SSSR count). The fourth-order valence-corrected chi connectivity index (χ4v) is 1.14. The number of esters is 1. The number of methoxy groups -OCH3 is 1. The van der Waals surface area contributed by atoms with Crippen LogP contribution in [0.25, 0.3) is 0 Å². The quantitative estimate of drug-likeness (QED) is 0.472. The molecule has 1 heterocycles. The summed E-state index contributed by atoms with van der Waals surface area (Å²) < 4.78 is 78.7. The molecule has 100 valence electrons. The fourth-order valence-electron chi connectivity index (χ4n) is 1.14. The average Bonchev–Trinajstić information content (AvgIpc) is 2.25. The van der Waals surface area contributed by atoms with E-state index in [0.717, 1.165) is 7.11 Å². The molecule has 0 aliphatic heterocycles. The number of carbonyl (C=O) groups is 1. The summed E-state index contributed by atoms with van der Waals surface area (Å²) >= 11 is 0. The van der Waals surface area contributed by atoms with Crippen LogP contribution in [0.2, 0.25) is 0 Å². The Bertz CT molecular complexity index is 471. The first kappa shape index (κ1) is 14.3. The van der Waals surface area contributed by atoms with E-state index in [1.807, 2.05) is 0 Å². The van der Waals surface area contributed by atoms with Gasteiger partial charge in [-0.25, -0.2) is 18.6 Å². The third-order valence-electron chi connectivity index (χ3n) is 1.92. The number of hydrogen-bond acceptors (Lipinski definition) is 3. The lowest BCUT2D eigenvalue weighted by atomic mass is 10.1. The van der Waals surface area contributed by atoms with Gasteiger partial charge in [0, 0.05) is 0 Å². The summed E-state index contributed by atoms with van der Waals surface area (Å²) in [5.41, 5.74) is -4.43. The normalized spacial score (nSPS) is 11.8. The van der Waals surface area contributed by atoms with E-state index in [1.165, 1.54) is 0 Å². The predicted octanol–water partition coefficient (Wildman–Crippen LogP) is 2.96. The standard InChI is InChI=1S/C9H5F6NO2/c1-18-8(17)3-2-4(9(13,14)15)7(12)16-5(3)6(10)11/h2,6H,1H3. The second kappa shape index (κ2) is 4.83. The third-order valence-corrected chi connectivity index (χ3v) is 1.92. The molecule has 1 aromatic heterocycles. The minimum atomic E-state index is -5.15. The molecule has 1 aromatic rings. The van der Waals surface area contributed by atoms with Crippen LogP contribution in [0.4, 0.5) is 26.3 Å².